The van der Waals surface area contributed by atoms with E-state index in [2.05, 4.69) is 46.4 Å². The van der Waals surface area contributed by atoms with Crippen molar-refractivity contribution >= 4 is 0 Å². The van der Waals surface area contributed by atoms with Crippen molar-refractivity contribution in [2.45, 2.75) is 60.0 Å². The van der Waals surface area contributed by atoms with Crippen LogP contribution in [0.3, 0.4) is 0 Å². The van der Waals surface area contributed by atoms with Gasteiger partial charge in [-0.2, -0.15) is 0 Å². The third-order valence-corrected chi connectivity index (χ3v) is 3.49. The van der Waals surface area contributed by atoms with E-state index >= 15 is 0 Å². The van der Waals surface area contributed by atoms with Crippen molar-refractivity contribution in [3.05, 3.63) is 0 Å². The molecule has 0 atom stereocenters. The van der Waals surface area contributed by atoms with E-state index < -0.39 is 0 Å². The second-order valence-electron chi connectivity index (χ2n) is 7.14. The molecule has 1 rings (SSSR count). The Morgan fingerprint density at radius 3 is 1.88 bits per heavy atom. The maximum absolute atomic E-state index is 5.82. The van der Waals surface area contributed by atoms with Gasteiger partial charge in [0.15, 0.2) is 0 Å². The molecule has 0 aromatic heterocycles. The summed E-state index contributed by atoms with van der Waals surface area (Å²) in [5.41, 5.74) is 0.456. The third-order valence-electron chi connectivity index (χ3n) is 3.49. The maximum atomic E-state index is 5.82. The highest BCUT2D eigenvalue weighted by molar-refractivity contribution is 4.80. The standard InChI is InChI=1S/C14H29NO/c1-13(2,3)12-7-9-15(10-8-12)11-16-14(4,5)6/h12H,7-11H2,1-6H3. The van der Waals surface area contributed by atoms with Crippen LogP contribution in [0, 0.1) is 11.3 Å². The minimum atomic E-state index is -0.0130. The molecule has 96 valence electrons. The van der Waals surface area contributed by atoms with E-state index in [0.29, 0.717) is 5.41 Å². The van der Waals surface area contributed by atoms with Crippen molar-refractivity contribution in [2.24, 2.45) is 11.3 Å². The first-order valence-corrected chi connectivity index (χ1v) is 6.55. The van der Waals surface area contributed by atoms with Gasteiger partial charge in [0.1, 0.15) is 0 Å². The normalized spacial score (nSPS) is 21.4. The van der Waals surface area contributed by atoms with Crippen molar-refractivity contribution in [1.82, 2.24) is 4.90 Å². The summed E-state index contributed by atoms with van der Waals surface area (Å²) in [5.74, 6) is 0.874. The Kier molecular flexibility index (Phi) is 4.42. The number of rotatable bonds is 2. The van der Waals surface area contributed by atoms with Gasteiger partial charge in [-0.15, -0.1) is 0 Å². The molecule has 1 fully saturated rings. The highest BCUT2D eigenvalue weighted by Crippen LogP contribution is 2.34. The molecule has 0 unspecified atom stereocenters. The van der Waals surface area contributed by atoms with Crippen LogP contribution in [0.1, 0.15) is 54.4 Å². The lowest BCUT2D eigenvalue weighted by atomic mass is 9.75. The zero-order valence-electron chi connectivity index (χ0n) is 12.0. The van der Waals surface area contributed by atoms with Gasteiger partial charge in [-0.05, 0) is 44.9 Å². The minimum Gasteiger partial charge on any atom is -0.360 e. The van der Waals surface area contributed by atoms with Crippen molar-refractivity contribution in [3.63, 3.8) is 0 Å². The number of nitrogens with zero attached hydrogens (tertiary/aromatic N) is 1. The van der Waals surface area contributed by atoms with Gasteiger partial charge in [0.05, 0.1) is 12.3 Å². The van der Waals surface area contributed by atoms with Crippen LogP contribution in [0.2, 0.25) is 0 Å². The SMILES string of the molecule is CC(C)(C)OCN1CCC(C(C)(C)C)CC1. The monoisotopic (exact) mass is 227 g/mol. The Labute approximate surface area is 101 Å². The highest BCUT2D eigenvalue weighted by atomic mass is 16.5. The average molecular weight is 227 g/mol. The first-order valence-electron chi connectivity index (χ1n) is 6.55. The summed E-state index contributed by atoms with van der Waals surface area (Å²) < 4.78 is 5.82. The molecule has 2 nitrogen and oxygen atoms in total. The van der Waals surface area contributed by atoms with Gasteiger partial charge in [0.2, 0.25) is 0 Å². The van der Waals surface area contributed by atoms with E-state index in [9.17, 15) is 0 Å². The number of ether oxygens (including phenoxy) is 1. The number of likely N-dealkylation sites (tertiary alicyclic amines) is 1. The molecule has 1 aliphatic rings. The van der Waals surface area contributed by atoms with Crippen LogP contribution in [0.15, 0.2) is 0 Å². The third kappa shape index (κ3) is 4.84. The lowest BCUT2D eigenvalue weighted by Gasteiger charge is -2.39. The minimum absolute atomic E-state index is 0.0130. The van der Waals surface area contributed by atoms with Crippen molar-refractivity contribution in [2.75, 3.05) is 19.8 Å². The molecule has 0 spiro atoms. The smallest absolute Gasteiger partial charge is 0.0997 e. The van der Waals surface area contributed by atoms with Gasteiger partial charge >= 0.3 is 0 Å². The number of piperidine rings is 1. The van der Waals surface area contributed by atoms with E-state index in [-0.39, 0.29) is 5.60 Å². The number of hydrogen-bond acceptors (Lipinski definition) is 2. The molecule has 0 aliphatic carbocycles. The van der Waals surface area contributed by atoms with Gasteiger partial charge in [0, 0.05) is 13.1 Å². The Morgan fingerprint density at radius 2 is 1.50 bits per heavy atom. The predicted octanol–water partition coefficient (Wildman–Crippen LogP) is 3.52. The molecule has 1 aliphatic heterocycles. The first-order chi connectivity index (χ1) is 7.18. The fourth-order valence-corrected chi connectivity index (χ4v) is 2.21. The fourth-order valence-electron chi connectivity index (χ4n) is 2.21. The van der Waals surface area contributed by atoms with Crippen LogP contribution in [0.4, 0.5) is 0 Å². The van der Waals surface area contributed by atoms with Crippen LogP contribution in [0.25, 0.3) is 0 Å². The molecular weight excluding hydrogens is 198 g/mol. The summed E-state index contributed by atoms with van der Waals surface area (Å²) in [4.78, 5) is 2.44. The lowest BCUT2D eigenvalue weighted by Crippen LogP contribution is -2.40. The van der Waals surface area contributed by atoms with Gasteiger partial charge in [-0.3, -0.25) is 4.90 Å². The Bertz CT molecular complexity index is 204. The molecule has 0 aromatic rings. The quantitative estimate of drug-likeness (QED) is 0.715. The topological polar surface area (TPSA) is 12.5 Å². The fraction of sp³-hybridized carbons (Fsp3) is 1.00. The van der Waals surface area contributed by atoms with Crippen LogP contribution >= 0.6 is 0 Å². The molecule has 0 saturated carbocycles. The Hall–Kier alpha value is -0.0800. The summed E-state index contributed by atoms with van der Waals surface area (Å²) in [6.07, 6.45) is 2.63. The van der Waals surface area contributed by atoms with E-state index in [1.54, 1.807) is 0 Å². The Balaban J connectivity index is 2.28. The maximum Gasteiger partial charge on any atom is 0.0997 e. The predicted molar refractivity (Wildman–Crippen MR) is 69.5 cm³/mol. The van der Waals surface area contributed by atoms with E-state index in [0.717, 1.165) is 12.6 Å². The van der Waals surface area contributed by atoms with Crippen LogP contribution in [0.5, 0.6) is 0 Å². The summed E-state index contributed by atoms with van der Waals surface area (Å²) >= 11 is 0. The second kappa shape index (κ2) is 5.05. The van der Waals surface area contributed by atoms with Gasteiger partial charge in [-0.1, -0.05) is 20.8 Å². The summed E-state index contributed by atoms with van der Waals surface area (Å²) in [5, 5.41) is 0. The molecule has 1 heterocycles. The molecule has 2 heteroatoms. The van der Waals surface area contributed by atoms with E-state index in [1.165, 1.54) is 25.9 Å². The van der Waals surface area contributed by atoms with Gasteiger partial charge in [0.25, 0.3) is 0 Å². The Morgan fingerprint density at radius 1 is 1.00 bits per heavy atom. The molecule has 0 radical (unpaired) electrons. The molecular formula is C14H29NO. The van der Waals surface area contributed by atoms with Crippen LogP contribution < -0.4 is 0 Å². The van der Waals surface area contributed by atoms with Crippen molar-refractivity contribution < 1.29 is 4.74 Å². The molecule has 0 bridgehead atoms. The summed E-state index contributed by atoms with van der Waals surface area (Å²) in [7, 11) is 0. The zero-order valence-corrected chi connectivity index (χ0v) is 12.0. The van der Waals surface area contributed by atoms with E-state index in [1.807, 2.05) is 0 Å². The van der Waals surface area contributed by atoms with Crippen LogP contribution in [-0.2, 0) is 4.74 Å². The molecule has 16 heavy (non-hydrogen) atoms. The highest BCUT2D eigenvalue weighted by Gasteiger charge is 2.28. The summed E-state index contributed by atoms with van der Waals surface area (Å²) in [6, 6.07) is 0. The molecule has 0 amide bonds. The lowest BCUT2D eigenvalue weighted by molar-refractivity contribution is -0.0750. The van der Waals surface area contributed by atoms with Crippen molar-refractivity contribution in [1.29, 1.82) is 0 Å². The molecule has 0 aromatic carbocycles. The first kappa shape index (κ1) is 14.0. The van der Waals surface area contributed by atoms with Crippen LogP contribution in [-0.4, -0.2) is 30.3 Å². The average Bonchev–Trinajstić information content (AvgIpc) is 2.13. The zero-order chi connectivity index (χ0) is 12.4. The molecule has 1 saturated heterocycles. The second-order valence-corrected chi connectivity index (χ2v) is 7.14. The van der Waals surface area contributed by atoms with E-state index in [4.69, 9.17) is 4.74 Å². The number of hydrogen-bond donors (Lipinski definition) is 0. The summed E-state index contributed by atoms with van der Waals surface area (Å²) in [6.45, 7) is 16.6. The van der Waals surface area contributed by atoms with Crippen molar-refractivity contribution in [3.8, 4) is 0 Å². The largest absolute Gasteiger partial charge is 0.360 e. The van der Waals surface area contributed by atoms with Gasteiger partial charge in [-0.25, -0.2) is 0 Å². The molecule has 0 N–H and O–H groups in total. The van der Waals surface area contributed by atoms with Gasteiger partial charge < -0.3 is 4.74 Å².